The monoisotopic (exact) mass is 284 g/mol. The highest BCUT2D eigenvalue weighted by atomic mass is 32.2. The zero-order chi connectivity index (χ0) is 14.5. The third-order valence-electron chi connectivity index (χ3n) is 2.68. The minimum Gasteiger partial charge on any atom is -0.337 e. The Morgan fingerprint density at radius 2 is 1.79 bits per heavy atom. The highest BCUT2D eigenvalue weighted by Crippen LogP contribution is 2.18. The number of urea groups is 1. The van der Waals surface area contributed by atoms with Crippen LogP contribution in [0, 0.1) is 0 Å². The molecule has 0 aromatic heterocycles. The molecule has 0 fully saturated rings. The molecule has 0 aliphatic heterocycles. The number of carbonyl (C=O) groups excluding carboxylic acids is 1. The average molecular weight is 284 g/mol. The molecule has 0 aliphatic carbocycles. The van der Waals surface area contributed by atoms with Crippen LogP contribution < -0.4 is 10.6 Å². The molecular weight excluding hydrogens is 264 g/mol. The maximum atomic E-state index is 11.7. The van der Waals surface area contributed by atoms with Crippen molar-refractivity contribution in [2.24, 2.45) is 0 Å². The third-order valence-corrected chi connectivity index (χ3v) is 3.63. The number of amides is 2. The van der Waals surface area contributed by atoms with Crippen LogP contribution in [0.4, 0.5) is 4.79 Å². The van der Waals surface area contributed by atoms with Gasteiger partial charge in [-0.3, -0.25) is 0 Å². The number of nitrogens with one attached hydrogen (secondary N) is 2. The van der Waals surface area contributed by atoms with Gasteiger partial charge in [-0.15, -0.1) is 0 Å². The second kappa shape index (κ2) is 6.06. The third kappa shape index (κ3) is 5.74. The van der Waals surface area contributed by atoms with Gasteiger partial charge in [0.25, 0.3) is 0 Å². The van der Waals surface area contributed by atoms with Crippen LogP contribution in [0.5, 0.6) is 0 Å². The van der Waals surface area contributed by atoms with E-state index in [0.29, 0.717) is 0 Å². The summed E-state index contributed by atoms with van der Waals surface area (Å²) in [5.74, 6) is -0.0633. The van der Waals surface area contributed by atoms with Crippen molar-refractivity contribution in [1.82, 2.24) is 10.6 Å². The van der Waals surface area contributed by atoms with Gasteiger partial charge in [0, 0.05) is 12.8 Å². The van der Waals surface area contributed by atoms with Crippen LogP contribution in [0.2, 0.25) is 0 Å². The maximum Gasteiger partial charge on any atom is 0.315 e. The van der Waals surface area contributed by atoms with Crippen molar-refractivity contribution in [1.29, 1.82) is 0 Å². The van der Waals surface area contributed by atoms with Gasteiger partial charge in [0.15, 0.2) is 0 Å². The molecule has 0 atom stereocenters. The molecule has 0 radical (unpaired) electrons. The lowest BCUT2D eigenvalue weighted by Gasteiger charge is -2.27. The Balaban J connectivity index is 2.52. The molecule has 0 heterocycles. The lowest BCUT2D eigenvalue weighted by molar-refractivity contribution is 0.230. The summed E-state index contributed by atoms with van der Waals surface area (Å²) in [7, 11) is -3.06. The molecule has 1 aromatic carbocycles. The fourth-order valence-electron chi connectivity index (χ4n) is 1.60. The molecule has 19 heavy (non-hydrogen) atoms. The minimum absolute atomic E-state index is 0.0633. The second-order valence-electron chi connectivity index (χ2n) is 5.00. The number of hydrogen-bond donors (Lipinski definition) is 2. The van der Waals surface area contributed by atoms with Crippen molar-refractivity contribution < 1.29 is 13.2 Å². The van der Waals surface area contributed by atoms with Crippen molar-refractivity contribution >= 4 is 15.9 Å². The summed E-state index contributed by atoms with van der Waals surface area (Å²) >= 11 is 0. The number of benzene rings is 1. The molecule has 0 saturated carbocycles. The van der Waals surface area contributed by atoms with Gasteiger partial charge in [-0.1, -0.05) is 30.3 Å². The summed E-state index contributed by atoms with van der Waals surface area (Å²) in [6, 6.07) is 9.19. The zero-order valence-electron chi connectivity index (χ0n) is 11.4. The summed E-state index contributed by atoms with van der Waals surface area (Å²) < 4.78 is 21.9. The van der Waals surface area contributed by atoms with E-state index in [0.717, 1.165) is 11.8 Å². The van der Waals surface area contributed by atoms with E-state index >= 15 is 0 Å². The van der Waals surface area contributed by atoms with E-state index in [9.17, 15) is 13.2 Å². The van der Waals surface area contributed by atoms with E-state index in [1.165, 1.54) is 0 Å². The SMILES string of the molecule is CC(C)(NC(=O)NCCS(C)(=O)=O)c1ccccc1. The van der Waals surface area contributed by atoms with E-state index in [-0.39, 0.29) is 18.3 Å². The van der Waals surface area contributed by atoms with Gasteiger partial charge >= 0.3 is 6.03 Å². The zero-order valence-corrected chi connectivity index (χ0v) is 12.3. The smallest absolute Gasteiger partial charge is 0.315 e. The molecule has 1 rings (SSSR count). The number of rotatable bonds is 5. The normalized spacial score (nSPS) is 11.9. The lowest BCUT2D eigenvalue weighted by atomic mass is 9.95. The van der Waals surface area contributed by atoms with Crippen molar-refractivity contribution in [2.45, 2.75) is 19.4 Å². The summed E-state index contributed by atoms with van der Waals surface area (Å²) in [6.45, 7) is 3.88. The molecule has 2 N–H and O–H groups in total. The van der Waals surface area contributed by atoms with E-state index in [1.807, 2.05) is 44.2 Å². The standard InChI is InChI=1S/C13H20N2O3S/c1-13(2,11-7-5-4-6-8-11)15-12(16)14-9-10-19(3,17)18/h4-8H,9-10H2,1-3H3,(H2,14,15,16). The van der Waals surface area contributed by atoms with Crippen LogP contribution in [-0.4, -0.2) is 33.0 Å². The largest absolute Gasteiger partial charge is 0.337 e. The van der Waals surface area contributed by atoms with E-state index < -0.39 is 15.4 Å². The number of hydrogen-bond acceptors (Lipinski definition) is 3. The van der Waals surface area contributed by atoms with Gasteiger partial charge in [-0.25, -0.2) is 13.2 Å². The molecule has 5 nitrogen and oxygen atoms in total. The Labute approximate surface area is 114 Å². The van der Waals surface area contributed by atoms with Crippen LogP contribution in [0.15, 0.2) is 30.3 Å². The molecular formula is C13H20N2O3S. The second-order valence-corrected chi connectivity index (χ2v) is 7.26. The Kier molecular flexibility index (Phi) is 4.94. The molecule has 0 aliphatic rings. The molecule has 0 saturated heterocycles. The first-order valence-corrected chi connectivity index (χ1v) is 8.06. The quantitative estimate of drug-likeness (QED) is 0.855. The van der Waals surface area contributed by atoms with Crippen LogP contribution in [0.1, 0.15) is 19.4 Å². The van der Waals surface area contributed by atoms with Crippen molar-refractivity contribution in [3.63, 3.8) is 0 Å². The van der Waals surface area contributed by atoms with E-state index in [2.05, 4.69) is 10.6 Å². The Morgan fingerprint density at radius 1 is 1.21 bits per heavy atom. The summed E-state index contributed by atoms with van der Waals surface area (Å²) in [5.41, 5.74) is 0.462. The topological polar surface area (TPSA) is 75.3 Å². The summed E-state index contributed by atoms with van der Waals surface area (Å²) in [4.78, 5) is 11.7. The fourth-order valence-corrected chi connectivity index (χ4v) is 2.08. The lowest BCUT2D eigenvalue weighted by Crippen LogP contribution is -2.47. The fraction of sp³-hybridized carbons (Fsp3) is 0.462. The molecule has 1 aromatic rings. The Morgan fingerprint density at radius 3 is 2.32 bits per heavy atom. The van der Waals surface area contributed by atoms with Crippen molar-refractivity contribution in [2.75, 3.05) is 18.6 Å². The summed E-state index contributed by atoms with van der Waals surface area (Å²) in [6.07, 6.45) is 1.14. The minimum atomic E-state index is -3.06. The first-order chi connectivity index (χ1) is 8.71. The molecule has 2 amide bonds. The van der Waals surface area contributed by atoms with Crippen LogP contribution >= 0.6 is 0 Å². The van der Waals surface area contributed by atoms with Crippen LogP contribution in [-0.2, 0) is 15.4 Å². The Hall–Kier alpha value is -1.56. The van der Waals surface area contributed by atoms with Gasteiger partial charge in [-0.2, -0.15) is 0 Å². The number of carbonyl (C=O) groups is 1. The van der Waals surface area contributed by atoms with E-state index in [1.54, 1.807) is 0 Å². The van der Waals surface area contributed by atoms with Crippen LogP contribution in [0.25, 0.3) is 0 Å². The first kappa shape index (κ1) is 15.5. The first-order valence-electron chi connectivity index (χ1n) is 6.00. The summed E-state index contributed by atoms with van der Waals surface area (Å²) in [5, 5.41) is 5.35. The highest BCUT2D eigenvalue weighted by Gasteiger charge is 2.22. The van der Waals surface area contributed by atoms with Gasteiger partial charge in [0.1, 0.15) is 9.84 Å². The maximum absolute atomic E-state index is 11.7. The van der Waals surface area contributed by atoms with Crippen LogP contribution in [0.3, 0.4) is 0 Å². The highest BCUT2D eigenvalue weighted by molar-refractivity contribution is 7.90. The molecule has 106 valence electrons. The Bertz CT molecular complexity index is 524. The molecule has 0 unspecified atom stereocenters. The van der Waals surface area contributed by atoms with Crippen molar-refractivity contribution in [3.8, 4) is 0 Å². The number of sulfone groups is 1. The molecule has 6 heteroatoms. The van der Waals surface area contributed by atoms with Gasteiger partial charge in [0.2, 0.25) is 0 Å². The van der Waals surface area contributed by atoms with Gasteiger partial charge in [-0.05, 0) is 19.4 Å². The van der Waals surface area contributed by atoms with Gasteiger partial charge < -0.3 is 10.6 Å². The molecule has 0 bridgehead atoms. The predicted molar refractivity (Wildman–Crippen MR) is 75.7 cm³/mol. The van der Waals surface area contributed by atoms with E-state index in [4.69, 9.17) is 0 Å². The molecule has 0 spiro atoms. The predicted octanol–water partition coefficient (Wildman–Crippen LogP) is 1.27. The van der Waals surface area contributed by atoms with Crippen molar-refractivity contribution in [3.05, 3.63) is 35.9 Å². The van der Waals surface area contributed by atoms with Gasteiger partial charge in [0.05, 0.1) is 11.3 Å². The average Bonchev–Trinajstić information content (AvgIpc) is 2.27.